The molecule has 0 radical (unpaired) electrons. The molecule has 1 unspecified atom stereocenters. The van der Waals surface area contributed by atoms with Crippen molar-refractivity contribution >= 4 is 67.9 Å². The third-order valence-corrected chi connectivity index (χ3v) is 15.7. The lowest BCUT2D eigenvalue weighted by Crippen LogP contribution is -2.28. The van der Waals surface area contributed by atoms with Crippen molar-refractivity contribution in [2.45, 2.75) is 70.6 Å². The zero-order chi connectivity index (χ0) is 44.5. The van der Waals surface area contributed by atoms with Crippen LogP contribution in [0.2, 0.25) is 0 Å². The number of nitrogens with one attached hydrogen (secondary N) is 2. The minimum absolute atomic E-state index is 0.0141. The van der Waals surface area contributed by atoms with Gasteiger partial charge >= 0.3 is 0 Å². The van der Waals surface area contributed by atoms with E-state index in [2.05, 4.69) is 234 Å². The maximum Gasteiger partial charge on any atom is 0.209 e. The third-order valence-electron chi connectivity index (χ3n) is 13.3. The fourth-order valence-electron chi connectivity index (χ4n) is 8.90. The molecule has 1 aliphatic heterocycles. The standard InChI is InChI=1S/C55H70N5S2/c1-12-53(2,3)47-22-17-23-48(52(47)57-8)55(6,45-20-13-15-24-49(45)56-7)36-18-19-41-26-31-43(32-27-41)58(9)37-39-61-62-40-38-59(10)44-33-28-42(29-34-44)30-35-51-54(4,5)46-21-14-16-25-50(46)60(51)11/h13-35,56-57H,12,36-40H2,1-11H3/q+1/b19-18+. The van der Waals surface area contributed by atoms with Crippen molar-refractivity contribution in [2.75, 3.05) is 80.3 Å². The van der Waals surface area contributed by atoms with Crippen LogP contribution in [0.3, 0.4) is 0 Å². The molecule has 0 saturated heterocycles. The normalized spacial score (nSPS) is 14.6. The van der Waals surface area contributed by atoms with Crippen molar-refractivity contribution in [3.05, 3.63) is 161 Å². The molecule has 5 nitrogen and oxygen atoms in total. The summed E-state index contributed by atoms with van der Waals surface area (Å²) in [5, 5.41) is 7.12. The summed E-state index contributed by atoms with van der Waals surface area (Å²) < 4.78 is 2.33. The molecule has 1 aliphatic rings. The summed E-state index contributed by atoms with van der Waals surface area (Å²) in [4.78, 5) is 4.72. The molecule has 5 aromatic rings. The second-order valence-electron chi connectivity index (χ2n) is 18.0. The van der Waals surface area contributed by atoms with Gasteiger partial charge in [-0.1, -0.05) is 140 Å². The van der Waals surface area contributed by atoms with Gasteiger partial charge in [0.25, 0.3) is 0 Å². The number of hydrogen-bond acceptors (Lipinski definition) is 6. The predicted octanol–water partition coefficient (Wildman–Crippen LogP) is 13.5. The Balaban J connectivity index is 0.982. The molecule has 1 atom stereocenters. The van der Waals surface area contributed by atoms with Crippen LogP contribution in [0.4, 0.5) is 28.4 Å². The second-order valence-corrected chi connectivity index (χ2v) is 20.7. The van der Waals surface area contributed by atoms with E-state index >= 15 is 0 Å². The van der Waals surface area contributed by atoms with Crippen LogP contribution in [0.1, 0.15) is 87.8 Å². The molecule has 7 heteroatoms. The third kappa shape index (κ3) is 10.3. The maximum atomic E-state index is 3.64. The van der Waals surface area contributed by atoms with Gasteiger partial charge in [0.15, 0.2) is 5.71 Å². The van der Waals surface area contributed by atoms with E-state index in [0.29, 0.717) is 0 Å². The Morgan fingerprint density at radius 1 is 0.645 bits per heavy atom. The van der Waals surface area contributed by atoms with Crippen LogP contribution in [0.15, 0.2) is 127 Å². The zero-order valence-corrected chi connectivity index (χ0v) is 40.8. The average Bonchev–Trinajstić information content (AvgIpc) is 3.49. The lowest BCUT2D eigenvalue weighted by atomic mass is 9.69. The molecule has 0 bridgehead atoms. The summed E-state index contributed by atoms with van der Waals surface area (Å²) in [7, 11) is 14.6. The Labute approximate surface area is 382 Å². The van der Waals surface area contributed by atoms with Crippen molar-refractivity contribution < 1.29 is 4.58 Å². The Morgan fingerprint density at radius 2 is 1.19 bits per heavy atom. The monoisotopic (exact) mass is 865 g/mol. The number of fused-ring (bicyclic) bond motifs is 1. The first kappa shape index (κ1) is 46.6. The molecule has 326 valence electrons. The Kier molecular flexibility index (Phi) is 15.5. The zero-order valence-electron chi connectivity index (χ0n) is 39.2. The first-order valence-electron chi connectivity index (χ1n) is 22.3. The summed E-state index contributed by atoms with van der Waals surface area (Å²) >= 11 is 0. The van der Waals surface area contributed by atoms with Crippen molar-refractivity contribution in [3.8, 4) is 0 Å². The largest absolute Gasteiger partial charge is 0.388 e. The molecular weight excluding hydrogens is 795 g/mol. The fourth-order valence-corrected chi connectivity index (χ4v) is 11.0. The molecular formula is C55H70N5S2+. The molecule has 0 aromatic heterocycles. The summed E-state index contributed by atoms with van der Waals surface area (Å²) in [6.07, 6.45) is 11.1. The predicted molar refractivity (Wildman–Crippen MR) is 279 cm³/mol. The van der Waals surface area contributed by atoms with Crippen molar-refractivity contribution in [1.29, 1.82) is 0 Å². The minimum atomic E-state index is -0.263. The lowest BCUT2D eigenvalue weighted by molar-refractivity contribution is -0.401. The van der Waals surface area contributed by atoms with E-state index in [4.69, 9.17) is 0 Å². The van der Waals surface area contributed by atoms with E-state index < -0.39 is 0 Å². The SMILES string of the molecule is CCC(C)(C)c1cccc(C(C)(C/C=C/c2ccc(N(C)CCSSCCN(C)c3ccc(/C=C/C4=[N+](C)c5ccccc5C4(C)C)cc3)cc2)c2ccccc2NC)c1NC. The first-order valence-corrected chi connectivity index (χ1v) is 24.7. The smallest absolute Gasteiger partial charge is 0.209 e. The highest BCUT2D eigenvalue weighted by Gasteiger charge is 2.42. The van der Waals surface area contributed by atoms with Crippen LogP contribution in [0, 0.1) is 0 Å². The molecule has 1 heterocycles. The molecule has 6 rings (SSSR count). The van der Waals surface area contributed by atoms with Crippen LogP contribution in [0.5, 0.6) is 0 Å². The summed E-state index contributed by atoms with van der Waals surface area (Å²) in [6.45, 7) is 16.0. The Bertz CT molecular complexity index is 2360. The first-order chi connectivity index (χ1) is 29.7. The van der Waals surface area contributed by atoms with Crippen LogP contribution < -0.4 is 20.4 Å². The quantitative estimate of drug-likeness (QED) is 0.0461. The minimum Gasteiger partial charge on any atom is -0.388 e. The average molecular weight is 865 g/mol. The van der Waals surface area contributed by atoms with E-state index in [9.17, 15) is 0 Å². The van der Waals surface area contributed by atoms with Gasteiger partial charge in [0.05, 0.1) is 5.41 Å². The van der Waals surface area contributed by atoms with Gasteiger partial charge in [0.1, 0.15) is 7.05 Å². The van der Waals surface area contributed by atoms with Gasteiger partial charge in [-0.25, -0.2) is 0 Å². The molecule has 5 aromatic carbocycles. The molecule has 2 N–H and O–H groups in total. The van der Waals surface area contributed by atoms with Gasteiger partial charge < -0.3 is 20.4 Å². The molecule has 0 aliphatic carbocycles. The number of allylic oxidation sites excluding steroid dienone is 2. The number of nitrogens with zero attached hydrogens (tertiary/aromatic N) is 3. The summed E-state index contributed by atoms with van der Waals surface area (Å²) in [5.41, 5.74) is 15.1. The van der Waals surface area contributed by atoms with Gasteiger partial charge in [-0.3, -0.25) is 0 Å². The molecule has 0 fully saturated rings. The van der Waals surface area contributed by atoms with E-state index in [1.165, 1.54) is 61.8 Å². The molecule has 62 heavy (non-hydrogen) atoms. The van der Waals surface area contributed by atoms with Gasteiger partial charge in [-0.05, 0) is 96.3 Å². The van der Waals surface area contributed by atoms with E-state index in [1.54, 1.807) is 0 Å². The highest BCUT2D eigenvalue weighted by Crippen LogP contribution is 2.46. The van der Waals surface area contributed by atoms with E-state index in [1.807, 2.05) is 28.6 Å². The highest BCUT2D eigenvalue weighted by atomic mass is 33.1. The van der Waals surface area contributed by atoms with Crippen molar-refractivity contribution in [1.82, 2.24) is 0 Å². The highest BCUT2D eigenvalue weighted by molar-refractivity contribution is 8.76. The van der Waals surface area contributed by atoms with Gasteiger partial charge in [-0.2, -0.15) is 4.58 Å². The van der Waals surface area contributed by atoms with Crippen molar-refractivity contribution in [2.24, 2.45) is 0 Å². The molecule has 0 amide bonds. The van der Waals surface area contributed by atoms with Crippen LogP contribution in [0.25, 0.3) is 12.2 Å². The van der Waals surface area contributed by atoms with E-state index in [-0.39, 0.29) is 16.2 Å². The maximum absolute atomic E-state index is 3.64. The molecule has 0 spiro atoms. The van der Waals surface area contributed by atoms with Crippen molar-refractivity contribution in [3.63, 3.8) is 0 Å². The Hall–Kier alpha value is -4.85. The topological polar surface area (TPSA) is 33.5 Å². The van der Waals surface area contributed by atoms with Crippen LogP contribution in [-0.2, 0) is 16.2 Å². The van der Waals surface area contributed by atoms with Gasteiger partial charge in [0.2, 0.25) is 5.69 Å². The lowest BCUT2D eigenvalue weighted by Gasteiger charge is -2.36. The van der Waals surface area contributed by atoms with Crippen LogP contribution in [-0.4, -0.2) is 70.1 Å². The van der Waals surface area contributed by atoms with E-state index in [0.717, 1.165) is 43.1 Å². The van der Waals surface area contributed by atoms with Gasteiger partial charge in [0, 0.05) is 98.7 Å². The fraction of sp³-hybridized carbons (Fsp3) is 0.364. The molecule has 0 saturated carbocycles. The summed E-state index contributed by atoms with van der Waals surface area (Å²) in [6, 6.07) is 42.3. The summed E-state index contributed by atoms with van der Waals surface area (Å²) in [5.74, 6) is 2.15. The Morgan fingerprint density at radius 3 is 1.77 bits per heavy atom. The number of rotatable bonds is 20. The number of para-hydroxylation sites is 3. The van der Waals surface area contributed by atoms with Gasteiger partial charge in [-0.15, -0.1) is 0 Å². The number of benzene rings is 5. The number of anilines is 4. The second kappa shape index (κ2) is 20.6. The van der Waals surface area contributed by atoms with Crippen LogP contribution >= 0.6 is 21.6 Å². The number of hydrogen-bond donors (Lipinski definition) is 2.